The third-order valence-electron chi connectivity index (χ3n) is 5.65. The molecule has 0 radical (unpaired) electrons. The first kappa shape index (κ1) is 22.8. The summed E-state index contributed by atoms with van der Waals surface area (Å²) in [6.45, 7) is 7.49. The summed E-state index contributed by atoms with van der Waals surface area (Å²) in [7, 11) is 1.62. The van der Waals surface area contributed by atoms with Crippen LogP contribution in [0.15, 0.2) is 47.6 Å². The highest BCUT2D eigenvalue weighted by Crippen LogP contribution is 2.45. The standard InChI is InChI=1S/C24H27N5O3S/c1-6-28(7-2)16-12-13-18(20(14-16)31-4)23-29(15(3)30)19-11-9-8-10-17(19)21-22(32-23)25-24(33-5)27-26-21/h8-14,23H,6-7H2,1-5H3. The Kier molecular flexibility index (Phi) is 6.69. The van der Waals surface area contributed by atoms with E-state index in [9.17, 15) is 4.79 Å². The number of aromatic nitrogens is 3. The lowest BCUT2D eigenvalue weighted by Crippen LogP contribution is -2.36. The summed E-state index contributed by atoms with van der Waals surface area (Å²) >= 11 is 1.38. The van der Waals surface area contributed by atoms with Crippen LogP contribution in [-0.2, 0) is 4.79 Å². The smallest absolute Gasteiger partial charge is 0.247 e. The molecule has 8 nitrogen and oxygen atoms in total. The number of anilines is 2. The molecule has 4 rings (SSSR count). The molecule has 172 valence electrons. The number of rotatable bonds is 6. The van der Waals surface area contributed by atoms with Crippen molar-refractivity contribution < 1.29 is 14.3 Å². The predicted octanol–water partition coefficient (Wildman–Crippen LogP) is 4.56. The SMILES string of the molecule is CCN(CC)c1ccc(C2Oc3nc(SC)nnc3-c3ccccc3N2C(C)=O)c(OC)c1. The van der Waals surface area contributed by atoms with E-state index in [-0.39, 0.29) is 5.91 Å². The second-order valence-electron chi connectivity index (χ2n) is 7.43. The molecule has 0 saturated carbocycles. The van der Waals surface area contributed by atoms with Gasteiger partial charge in [-0.3, -0.25) is 9.69 Å². The first-order chi connectivity index (χ1) is 16.0. The van der Waals surface area contributed by atoms with Gasteiger partial charge in [-0.2, -0.15) is 4.98 Å². The molecule has 2 heterocycles. The fourth-order valence-corrected chi connectivity index (χ4v) is 4.33. The number of carbonyl (C=O) groups is 1. The first-order valence-electron chi connectivity index (χ1n) is 10.8. The van der Waals surface area contributed by atoms with E-state index >= 15 is 0 Å². The molecule has 1 aromatic heterocycles. The fraction of sp³-hybridized carbons (Fsp3) is 0.333. The Bertz CT molecular complexity index is 1170. The van der Waals surface area contributed by atoms with E-state index < -0.39 is 6.23 Å². The highest BCUT2D eigenvalue weighted by atomic mass is 32.2. The van der Waals surface area contributed by atoms with Crippen molar-refractivity contribution in [2.45, 2.75) is 32.2 Å². The number of thioether (sulfide) groups is 1. The molecule has 0 aliphatic carbocycles. The summed E-state index contributed by atoms with van der Waals surface area (Å²) in [6, 6.07) is 13.5. The Hall–Kier alpha value is -3.33. The summed E-state index contributed by atoms with van der Waals surface area (Å²) in [4.78, 5) is 21.4. The van der Waals surface area contributed by atoms with E-state index in [1.807, 2.05) is 48.7 Å². The van der Waals surface area contributed by atoms with Gasteiger partial charge < -0.3 is 14.4 Å². The van der Waals surface area contributed by atoms with Crippen LogP contribution in [0.25, 0.3) is 11.3 Å². The van der Waals surface area contributed by atoms with Crippen molar-refractivity contribution in [2.75, 3.05) is 36.3 Å². The highest BCUT2D eigenvalue weighted by molar-refractivity contribution is 7.98. The highest BCUT2D eigenvalue weighted by Gasteiger charge is 2.36. The molecule has 0 N–H and O–H groups in total. The monoisotopic (exact) mass is 465 g/mol. The second-order valence-corrected chi connectivity index (χ2v) is 8.20. The number of para-hydroxylation sites is 1. The maximum absolute atomic E-state index is 13.0. The van der Waals surface area contributed by atoms with Gasteiger partial charge in [0, 0.05) is 37.3 Å². The Balaban J connectivity index is 1.93. The van der Waals surface area contributed by atoms with Crippen molar-refractivity contribution in [1.29, 1.82) is 0 Å². The maximum Gasteiger partial charge on any atom is 0.247 e. The average Bonchev–Trinajstić information content (AvgIpc) is 2.98. The van der Waals surface area contributed by atoms with Crippen LogP contribution < -0.4 is 19.3 Å². The fourth-order valence-electron chi connectivity index (χ4n) is 4.03. The van der Waals surface area contributed by atoms with E-state index in [0.29, 0.717) is 28.2 Å². The summed E-state index contributed by atoms with van der Waals surface area (Å²) in [5.41, 5.74) is 3.66. The van der Waals surface area contributed by atoms with E-state index in [2.05, 4.69) is 33.9 Å². The molecule has 33 heavy (non-hydrogen) atoms. The van der Waals surface area contributed by atoms with Gasteiger partial charge in [0.1, 0.15) is 5.75 Å². The quantitative estimate of drug-likeness (QED) is 0.490. The Morgan fingerprint density at radius 1 is 1.18 bits per heavy atom. The average molecular weight is 466 g/mol. The minimum absolute atomic E-state index is 0.173. The van der Waals surface area contributed by atoms with Gasteiger partial charge in [-0.1, -0.05) is 30.0 Å². The van der Waals surface area contributed by atoms with Crippen LogP contribution in [0.4, 0.5) is 11.4 Å². The number of benzene rings is 2. The molecule has 3 aromatic rings. The zero-order valence-corrected chi connectivity index (χ0v) is 20.2. The number of hydrogen-bond acceptors (Lipinski definition) is 8. The molecule has 1 atom stereocenters. The maximum atomic E-state index is 13.0. The number of methoxy groups -OCH3 is 1. The molecule has 0 fully saturated rings. The largest absolute Gasteiger partial charge is 0.496 e. The minimum atomic E-state index is -0.794. The van der Waals surface area contributed by atoms with Crippen LogP contribution in [-0.4, -0.2) is 47.5 Å². The molecule has 1 aliphatic heterocycles. The Labute approximate surface area is 197 Å². The van der Waals surface area contributed by atoms with Gasteiger partial charge in [0.15, 0.2) is 5.69 Å². The van der Waals surface area contributed by atoms with Gasteiger partial charge in [-0.15, -0.1) is 10.2 Å². The van der Waals surface area contributed by atoms with Crippen LogP contribution in [0, 0.1) is 0 Å². The van der Waals surface area contributed by atoms with E-state index in [1.54, 1.807) is 12.0 Å². The van der Waals surface area contributed by atoms with Crippen LogP contribution in [0.3, 0.4) is 0 Å². The second kappa shape index (κ2) is 9.66. The molecular formula is C24H27N5O3S. The van der Waals surface area contributed by atoms with Crippen molar-refractivity contribution in [2.24, 2.45) is 0 Å². The lowest BCUT2D eigenvalue weighted by atomic mass is 10.1. The molecule has 1 amide bonds. The Morgan fingerprint density at radius 3 is 2.61 bits per heavy atom. The molecule has 0 saturated heterocycles. The van der Waals surface area contributed by atoms with Crippen LogP contribution >= 0.6 is 11.8 Å². The van der Waals surface area contributed by atoms with Gasteiger partial charge >= 0.3 is 0 Å². The third-order valence-corrected chi connectivity index (χ3v) is 6.18. The molecule has 0 bridgehead atoms. The third kappa shape index (κ3) is 4.20. The zero-order chi connectivity index (χ0) is 23.5. The molecule has 9 heteroatoms. The van der Waals surface area contributed by atoms with Crippen LogP contribution in [0.5, 0.6) is 11.6 Å². The molecule has 1 unspecified atom stereocenters. The van der Waals surface area contributed by atoms with Gasteiger partial charge in [-0.05, 0) is 38.3 Å². The lowest BCUT2D eigenvalue weighted by molar-refractivity contribution is -0.118. The summed E-state index contributed by atoms with van der Waals surface area (Å²) in [5.74, 6) is 0.780. The number of hydrogen-bond donors (Lipinski definition) is 0. The molecule has 1 aliphatic rings. The van der Waals surface area contributed by atoms with Gasteiger partial charge in [0.25, 0.3) is 0 Å². The van der Waals surface area contributed by atoms with Gasteiger partial charge in [0.2, 0.25) is 23.2 Å². The lowest BCUT2D eigenvalue weighted by Gasteiger charge is -2.31. The van der Waals surface area contributed by atoms with Crippen molar-refractivity contribution in [3.63, 3.8) is 0 Å². The molecular weight excluding hydrogens is 438 g/mol. The summed E-state index contributed by atoms with van der Waals surface area (Å²) in [6.07, 6.45) is 1.08. The number of fused-ring (bicyclic) bond motifs is 3. The minimum Gasteiger partial charge on any atom is -0.496 e. The topological polar surface area (TPSA) is 80.7 Å². The van der Waals surface area contributed by atoms with Crippen molar-refractivity contribution >= 4 is 29.0 Å². The Morgan fingerprint density at radius 2 is 1.94 bits per heavy atom. The molecule has 0 spiro atoms. The predicted molar refractivity (Wildman–Crippen MR) is 130 cm³/mol. The number of nitrogens with zero attached hydrogens (tertiary/aromatic N) is 5. The normalized spacial score (nSPS) is 14.6. The van der Waals surface area contributed by atoms with Crippen LogP contribution in [0.2, 0.25) is 0 Å². The summed E-state index contributed by atoms with van der Waals surface area (Å²) in [5, 5.41) is 9.06. The van der Waals surface area contributed by atoms with Gasteiger partial charge in [-0.25, -0.2) is 0 Å². The van der Waals surface area contributed by atoms with E-state index in [0.717, 1.165) is 29.9 Å². The van der Waals surface area contributed by atoms with E-state index in [1.165, 1.54) is 18.7 Å². The number of ether oxygens (including phenoxy) is 2. The summed E-state index contributed by atoms with van der Waals surface area (Å²) < 4.78 is 12.2. The van der Waals surface area contributed by atoms with Crippen molar-refractivity contribution in [3.8, 4) is 22.9 Å². The van der Waals surface area contributed by atoms with Crippen molar-refractivity contribution in [1.82, 2.24) is 15.2 Å². The van der Waals surface area contributed by atoms with E-state index in [4.69, 9.17) is 9.47 Å². The first-order valence-corrected chi connectivity index (χ1v) is 12.0. The zero-order valence-electron chi connectivity index (χ0n) is 19.4. The molecule has 2 aromatic carbocycles. The van der Waals surface area contributed by atoms with Crippen LogP contribution in [0.1, 0.15) is 32.6 Å². The number of amides is 1. The van der Waals surface area contributed by atoms with Crippen molar-refractivity contribution in [3.05, 3.63) is 48.0 Å². The number of carbonyl (C=O) groups excluding carboxylic acids is 1. The van der Waals surface area contributed by atoms with Gasteiger partial charge in [0.05, 0.1) is 18.4 Å².